The van der Waals surface area contributed by atoms with Crippen LogP contribution in [-0.4, -0.2) is 44.9 Å². The summed E-state index contributed by atoms with van der Waals surface area (Å²) in [6, 6.07) is 9.07. The van der Waals surface area contributed by atoms with Crippen molar-refractivity contribution in [3.8, 4) is 5.75 Å². The Kier molecular flexibility index (Phi) is 7.76. The first-order valence-corrected chi connectivity index (χ1v) is 10.1. The van der Waals surface area contributed by atoms with Gasteiger partial charge in [-0.25, -0.2) is 12.8 Å². The first-order valence-electron chi connectivity index (χ1n) is 8.20. The minimum atomic E-state index is -4.08. The number of hydrogen-bond donors (Lipinski definition) is 2. The van der Waals surface area contributed by atoms with Gasteiger partial charge in [0.05, 0.1) is 11.0 Å². The van der Waals surface area contributed by atoms with Crippen LogP contribution in [0.4, 0.5) is 4.39 Å². The van der Waals surface area contributed by atoms with E-state index in [1.807, 2.05) is 0 Å². The summed E-state index contributed by atoms with van der Waals surface area (Å²) in [5, 5.41) is 10.1. The van der Waals surface area contributed by atoms with E-state index < -0.39 is 34.0 Å². The summed E-state index contributed by atoms with van der Waals surface area (Å²) in [6.07, 6.45) is -1.34. The van der Waals surface area contributed by atoms with E-state index in [-0.39, 0.29) is 18.1 Å². The van der Waals surface area contributed by atoms with E-state index in [4.69, 9.17) is 21.1 Å². The highest BCUT2D eigenvalue weighted by atomic mass is 35.5. The number of nitrogens with one attached hydrogen (secondary N) is 1. The molecule has 0 spiro atoms. The third kappa shape index (κ3) is 6.45. The SMILES string of the molecule is CC(O)C(NS(=O)(=O)c1ccc(Cl)cc1)C(=O)OCCOc1ccc(F)cc1. The third-order valence-electron chi connectivity index (χ3n) is 3.55. The quantitative estimate of drug-likeness (QED) is 0.466. The van der Waals surface area contributed by atoms with Crippen molar-refractivity contribution in [3.05, 3.63) is 59.4 Å². The summed E-state index contributed by atoms with van der Waals surface area (Å²) < 4.78 is 49.9. The maximum absolute atomic E-state index is 12.8. The fourth-order valence-corrected chi connectivity index (χ4v) is 3.50. The second-order valence-corrected chi connectivity index (χ2v) is 7.91. The van der Waals surface area contributed by atoms with Crippen molar-refractivity contribution in [2.75, 3.05) is 13.2 Å². The Labute approximate surface area is 167 Å². The van der Waals surface area contributed by atoms with Crippen LogP contribution < -0.4 is 9.46 Å². The Hall–Kier alpha value is -2.20. The molecule has 7 nitrogen and oxygen atoms in total. The maximum Gasteiger partial charge on any atom is 0.326 e. The minimum absolute atomic E-state index is 0.0339. The zero-order valence-electron chi connectivity index (χ0n) is 14.8. The lowest BCUT2D eigenvalue weighted by Gasteiger charge is -2.20. The van der Waals surface area contributed by atoms with Gasteiger partial charge in [-0.05, 0) is 55.5 Å². The van der Waals surface area contributed by atoms with Crippen LogP contribution in [0.2, 0.25) is 5.02 Å². The van der Waals surface area contributed by atoms with Crippen molar-refractivity contribution in [1.29, 1.82) is 0 Å². The third-order valence-corrected chi connectivity index (χ3v) is 5.26. The number of aliphatic hydroxyl groups is 1. The molecular formula is C18H19ClFNO6S. The van der Waals surface area contributed by atoms with Crippen molar-refractivity contribution in [1.82, 2.24) is 4.72 Å². The zero-order valence-corrected chi connectivity index (χ0v) is 16.4. The lowest BCUT2D eigenvalue weighted by Crippen LogP contribution is -2.48. The summed E-state index contributed by atoms with van der Waals surface area (Å²) in [5.41, 5.74) is 0. The fourth-order valence-electron chi connectivity index (χ4n) is 2.11. The first kappa shape index (κ1) is 22.1. The molecule has 10 heteroatoms. The molecule has 2 aromatic rings. The molecule has 152 valence electrons. The topological polar surface area (TPSA) is 102 Å². The zero-order chi connectivity index (χ0) is 20.7. The summed E-state index contributed by atoms with van der Waals surface area (Å²) >= 11 is 5.73. The highest BCUT2D eigenvalue weighted by Gasteiger charge is 2.30. The van der Waals surface area contributed by atoms with E-state index in [1.165, 1.54) is 55.5 Å². The second kappa shape index (κ2) is 9.83. The number of hydrogen-bond acceptors (Lipinski definition) is 6. The highest BCUT2D eigenvalue weighted by Crippen LogP contribution is 2.15. The Morgan fingerprint density at radius 2 is 1.75 bits per heavy atom. The average molecular weight is 432 g/mol. The molecule has 2 rings (SSSR count). The van der Waals surface area contributed by atoms with Gasteiger partial charge in [0.15, 0.2) is 0 Å². The van der Waals surface area contributed by atoms with E-state index in [0.29, 0.717) is 10.8 Å². The van der Waals surface area contributed by atoms with Crippen molar-refractivity contribution in [2.24, 2.45) is 0 Å². The number of aliphatic hydroxyl groups excluding tert-OH is 1. The molecule has 2 N–H and O–H groups in total. The van der Waals surface area contributed by atoms with E-state index >= 15 is 0 Å². The molecular weight excluding hydrogens is 413 g/mol. The van der Waals surface area contributed by atoms with Crippen molar-refractivity contribution < 1.29 is 32.2 Å². The summed E-state index contributed by atoms with van der Waals surface area (Å²) in [4.78, 5) is 12.1. The molecule has 0 saturated carbocycles. The molecule has 0 aromatic heterocycles. The lowest BCUT2D eigenvalue weighted by atomic mass is 10.2. The van der Waals surface area contributed by atoms with Crippen LogP contribution in [-0.2, 0) is 19.6 Å². The molecule has 2 unspecified atom stereocenters. The Morgan fingerprint density at radius 3 is 2.32 bits per heavy atom. The maximum atomic E-state index is 12.8. The van der Waals surface area contributed by atoms with Gasteiger partial charge in [-0.3, -0.25) is 4.79 Å². The monoisotopic (exact) mass is 431 g/mol. The van der Waals surface area contributed by atoms with Gasteiger partial charge in [-0.2, -0.15) is 4.72 Å². The van der Waals surface area contributed by atoms with Gasteiger partial charge in [-0.15, -0.1) is 0 Å². The second-order valence-electron chi connectivity index (χ2n) is 5.76. The van der Waals surface area contributed by atoms with Gasteiger partial charge in [-0.1, -0.05) is 11.6 Å². The first-order chi connectivity index (χ1) is 13.2. The number of benzene rings is 2. The van der Waals surface area contributed by atoms with Crippen LogP contribution in [0.25, 0.3) is 0 Å². The highest BCUT2D eigenvalue weighted by molar-refractivity contribution is 7.89. The molecule has 0 amide bonds. The molecule has 28 heavy (non-hydrogen) atoms. The van der Waals surface area contributed by atoms with E-state index in [2.05, 4.69) is 4.72 Å². The van der Waals surface area contributed by atoms with E-state index in [0.717, 1.165) is 0 Å². The number of carbonyl (C=O) groups is 1. The van der Waals surface area contributed by atoms with Crippen LogP contribution >= 0.6 is 11.6 Å². The average Bonchev–Trinajstić information content (AvgIpc) is 2.64. The molecule has 2 aromatic carbocycles. The van der Waals surface area contributed by atoms with Crippen molar-refractivity contribution in [2.45, 2.75) is 24.0 Å². The number of esters is 1. The van der Waals surface area contributed by atoms with E-state index in [1.54, 1.807) is 0 Å². The standard InChI is InChI=1S/C18H19ClFNO6S/c1-12(22)17(21-28(24,25)16-8-2-13(19)3-9-16)18(23)27-11-10-26-15-6-4-14(20)5-7-15/h2-9,12,17,21-22H,10-11H2,1H3. The van der Waals surface area contributed by atoms with Crippen LogP contribution in [0, 0.1) is 5.82 Å². The normalized spacial score (nSPS) is 13.6. The van der Waals surface area contributed by atoms with Crippen molar-refractivity contribution in [3.63, 3.8) is 0 Å². The minimum Gasteiger partial charge on any atom is -0.490 e. The smallest absolute Gasteiger partial charge is 0.326 e. The Bertz CT molecular complexity index is 887. The van der Waals surface area contributed by atoms with Crippen LogP contribution in [0.5, 0.6) is 5.75 Å². The summed E-state index contributed by atoms with van der Waals surface area (Å²) in [5.74, 6) is -0.991. The molecule has 0 saturated heterocycles. The summed E-state index contributed by atoms with van der Waals surface area (Å²) in [6.45, 7) is 1.03. The number of rotatable bonds is 9. The van der Waals surface area contributed by atoms with Gasteiger partial charge in [0, 0.05) is 5.02 Å². The van der Waals surface area contributed by atoms with Gasteiger partial charge < -0.3 is 14.6 Å². The predicted molar refractivity (Wildman–Crippen MR) is 100 cm³/mol. The van der Waals surface area contributed by atoms with Gasteiger partial charge in [0.1, 0.15) is 30.8 Å². The summed E-state index contributed by atoms with van der Waals surface area (Å²) in [7, 11) is -4.08. The van der Waals surface area contributed by atoms with Gasteiger partial charge >= 0.3 is 5.97 Å². The lowest BCUT2D eigenvalue weighted by molar-refractivity contribution is -0.149. The number of ether oxygens (including phenoxy) is 2. The van der Waals surface area contributed by atoms with Gasteiger partial charge in [0.25, 0.3) is 0 Å². The molecule has 0 bridgehead atoms. The molecule has 0 radical (unpaired) electrons. The Balaban J connectivity index is 1.92. The molecule has 2 atom stereocenters. The largest absolute Gasteiger partial charge is 0.490 e. The van der Waals surface area contributed by atoms with Crippen molar-refractivity contribution >= 4 is 27.6 Å². The predicted octanol–water partition coefficient (Wildman–Crippen LogP) is 2.13. The molecule has 0 fully saturated rings. The number of carbonyl (C=O) groups excluding carboxylic acids is 1. The molecule has 0 aliphatic rings. The molecule has 0 heterocycles. The molecule has 0 aliphatic carbocycles. The number of halogens is 2. The molecule has 0 aliphatic heterocycles. The van der Waals surface area contributed by atoms with Crippen LogP contribution in [0.1, 0.15) is 6.92 Å². The van der Waals surface area contributed by atoms with Crippen LogP contribution in [0.3, 0.4) is 0 Å². The fraction of sp³-hybridized carbons (Fsp3) is 0.278. The van der Waals surface area contributed by atoms with Gasteiger partial charge in [0.2, 0.25) is 10.0 Å². The Morgan fingerprint density at radius 1 is 1.14 bits per heavy atom. The van der Waals surface area contributed by atoms with E-state index in [9.17, 15) is 22.7 Å². The number of sulfonamides is 1. The van der Waals surface area contributed by atoms with Crippen LogP contribution in [0.15, 0.2) is 53.4 Å².